The van der Waals surface area contributed by atoms with Crippen LogP contribution in [0.15, 0.2) is 4.90 Å². The maximum absolute atomic E-state index is 12.6. The Labute approximate surface area is 132 Å². The lowest BCUT2D eigenvalue weighted by Crippen LogP contribution is -2.27. The van der Waals surface area contributed by atoms with Gasteiger partial charge in [0.1, 0.15) is 4.90 Å². The van der Waals surface area contributed by atoms with E-state index < -0.39 is 10.0 Å². The summed E-state index contributed by atoms with van der Waals surface area (Å²) in [4.78, 5) is 0.362. The molecule has 22 heavy (non-hydrogen) atoms. The molecule has 2 fully saturated rings. The molecule has 0 spiro atoms. The molecule has 0 aromatic carbocycles. The summed E-state index contributed by atoms with van der Waals surface area (Å²) < 4.78 is 34.4. The van der Waals surface area contributed by atoms with E-state index in [2.05, 4.69) is 5.10 Å². The molecule has 7 heteroatoms. The van der Waals surface area contributed by atoms with Gasteiger partial charge in [-0.2, -0.15) is 5.10 Å². The van der Waals surface area contributed by atoms with E-state index in [0.717, 1.165) is 25.1 Å². The van der Waals surface area contributed by atoms with Crippen LogP contribution in [0.1, 0.15) is 37.6 Å². The molecule has 3 atom stereocenters. The van der Waals surface area contributed by atoms with Crippen molar-refractivity contribution in [3.05, 3.63) is 11.4 Å². The zero-order chi connectivity index (χ0) is 16.1. The smallest absolute Gasteiger partial charge is 0.246 e. The average molecular weight is 327 g/mol. The normalized spacial score (nSPS) is 28.0. The van der Waals surface area contributed by atoms with Crippen LogP contribution in [0.2, 0.25) is 0 Å². The van der Waals surface area contributed by atoms with Crippen molar-refractivity contribution in [1.29, 1.82) is 0 Å². The number of aryl methyl sites for hydroxylation is 1. The SMILES string of the molecule is CCN(C)S(=O)(=O)c1c(C)nn(CC2CC3CCC2O3)c1C. The zero-order valence-electron chi connectivity index (χ0n) is 13.7. The third-order valence-corrected chi connectivity index (χ3v) is 7.25. The van der Waals surface area contributed by atoms with Crippen LogP contribution in [0.25, 0.3) is 0 Å². The summed E-state index contributed by atoms with van der Waals surface area (Å²) >= 11 is 0. The Balaban J connectivity index is 1.87. The van der Waals surface area contributed by atoms with Crippen LogP contribution in [-0.2, 0) is 21.3 Å². The van der Waals surface area contributed by atoms with Crippen LogP contribution < -0.4 is 0 Å². The lowest BCUT2D eigenvalue weighted by atomic mass is 9.89. The molecule has 0 N–H and O–H groups in total. The monoisotopic (exact) mass is 327 g/mol. The lowest BCUT2D eigenvalue weighted by Gasteiger charge is -2.19. The van der Waals surface area contributed by atoms with Gasteiger partial charge >= 0.3 is 0 Å². The van der Waals surface area contributed by atoms with Gasteiger partial charge in [-0.15, -0.1) is 0 Å². The highest BCUT2D eigenvalue weighted by Gasteiger charge is 2.41. The minimum Gasteiger partial charge on any atom is -0.375 e. The number of nitrogens with zero attached hydrogens (tertiary/aromatic N) is 3. The molecule has 2 aliphatic heterocycles. The van der Waals surface area contributed by atoms with Crippen LogP contribution in [0.5, 0.6) is 0 Å². The van der Waals surface area contributed by atoms with Gasteiger partial charge in [-0.3, -0.25) is 4.68 Å². The van der Waals surface area contributed by atoms with E-state index in [1.54, 1.807) is 14.0 Å². The fourth-order valence-electron chi connectivity index (χ4n) is 3.71. The summed E-state index contributed by atoms with van der Waals surface area (Å²) in [5.74, 6) is 0.455. The lowest BCUT2D eigenvalue weighted by molar-refractivity contribution is 0.0891. The van der Waals surface area contributed by atoms with Crippen LogP contribution in [-0.4, -0.2) is 48.3 Å². The second-order valence-electron chi connectivity index (χ2n) is 6.47. The molecular weight excluding hydrogens is 302 g/mol. The molecule has 0 aliphatic carbocycles. The van der Waals surface area contributed by atoms with Crippen molar-refractivity contribution in [1.82, 2.24) is 14.1 Å². The predicted molar refractivity (Wildman–Crippen MR) is 83.2 cm³/mol. The maximum atomic E-state index is 12.6. The van der Waals surface area contributed by atoms with Crippen molar-refractivity contribution >= 4 is 10.0 Å². The number of ether oxygens (including phenoxy) is 1. The van der Waals surface area contributed by atoms with Gasteiger partial charge in [-0.25, -0.2) is 12.7 Å². The third-order valence-electron chi connectivity index (χ3n) is 5.07. The minimum atomic E-state index is -3.45. The number of rotatable bonds is 5. The van der Waals surface area contributed by atoms with E-state index in [1.165, 1.54) is 10.7 Å². The van der Waals surface area contributed by atoms with E-state index in [0.29, 0.717) is 35.3 Å². The van der Waals surface area contributed by atoms with Crippen LogP contribution in [0.3, 0.4) is 0 Å². The van der Waals surface area contributed by atoms with Crippen molar-refractivity contribution in [3.8, 4) is 0 Å². The molecule has 124 valence electrons. The highest BCUT2D eigenvalue weighted by Crippen LogP contribution is 2.39. The third kappa shape index (κ3) is 2.49. The standard InChI is InChI=1S/C15H25N3O3S/c1-5-17(4)22(19,20)15-10(2)16-18(11(15)3)9-12-8-13-6-7-14(12)21-13/h12-14H,5-9H2,1-4H3. The Kier molecular flexibility index (Phi) is 4.07. The summed E-state index contributed by atoms with van der Waals surface area (Å²) in [6, 6.07) is 0. The summed E-state index contributed by atoms with van der Waals surface area (Å²) in [5.41, 5.74) is 1.32. The van der Waals surface area contributed by atoms with Crippen molar-refractivity contribution in [2.24, 2.45) is 5.92 Å². The summed E-state index contributed by atoms with van der Waals surface area (Å²) in [6.07, 6.45) is 4.09. The summed E-state index contributed by atoms with van der Waals surface area (Å²) in [6.45, 7) is 6.66. The van der Waals surface area contributed by atoms with Gasteiger partial charge < -0.3 is 4.74 Å². The summed E-state index contributed by atoms with van der Waals surface area (Å²) in [5, 5.41) is 4.50. The molecule has 2 aliphatic rings. The Hall–Kier alpha value is -0.920. The van der Waals surface area contributed by atoms with Gasteiger partial charge in [0.15, 0.2) is 0 Å². The molecule has 1 aromatic heterocycles. The molecule has 3 unspecified atom stereocenters. The van der Waals surface area contributed by atoms with Crippen LogP contribution in [0, 0.1) is 19.8 Å². The van der Waals surface area contributed by atoms with Crippen molar-refractivity contribution in [2.75, 3.05) is 13.6 Å². The molecule has 1 aromatic rings. The fraction of sp³-hybridized carbons (Fsp3) is 0.800. The molecule has 3 rings (SSSR count). The first-order valence-corrected chi connectivity index (χ1v) is 9.44. The molecule has 0 radical (unpaired) electrons. The van der Waals surface area contributed by atoms with Crippen molar-refractivity contribution in [2.45, 2.75) is 63.7 Å². The second-order valence-corrected chi connectivity index (χ2v) is 8.45. The number of hydrogen-bond acceptors (Lipinski definition) is 4. The second kappa shape index (κ2) is 5.62. The quantitative estimate of drug-likeness (QED) is 0.826. The first-order chi connectivity index (χ1) is 10.3. The van der Waals surface area contributed by atoms with Crippen molar-refractivity contribution in [3.63, 3.8) is 0 Å². The first kappa shape index (κ1) is 16.0. The van der Waals surface area contributed by atoms with Crippen LogP contribution >= 0.6 is 0 Å². The summed E-state index contributed by atoms with van der Waals surface area (Å²) in [7, 11) is -1.85. The average Bonchev–Trinajstić information content (AvgIpc) is 3.13. The number of fused-ring (bicyclic) bond motifs is 2. The van der Waals surface area contributed by atoms with Crippen LogP contribution in [0.4, 0.5) is 0 Å². The van der Waals surface area contributed by atoms with Gasteiger partial charge in [0, 0.05) is 26.1 Å². The van der Waals surface area contributed by atoms with Gasteiger partial charge in [-0.1, -0.05) is 6.92 Å². The van der Waals surface area contributed by atoms with Crippen molar-refractivity contribution < 1.29 is 13.2 Å². The molecule has 6 nitrogen and oxygen atoms in total. The van der Waals surface area contributed by atoms with Gasteiger partial charge in [0.05, 0.1) is 23.6 Å². The number of hydrogen-bond donors (Lipinski definition) is 0. The molecule has 2 bridgehead atoms. The van der Waals surface area contributed by atoms with Gasteiger partial charge in [0.2, 0.25) is 10.0 Å². The van der Waals surface area contributed by atoms with Gasteiger partial charge in [0.25, 0.3) is 0 Å². The predicted octanol–water partition coefficient (Wildman–Crippen LogP) is 1.71. The highest BCUT2D eigenvalue weighted by molar-refractivity contribution is 7.89. The molecular formula is C15H25N3O3S. The topological polar surface area (TPSA) is 64.4 Å². The van der Waals surface area contributed by atoms with Gasteiger partial charge in [-0.05, 0) is 33.1 Å². The van der Waals surface area contributed by atoms with E-state index in [9.17, 15) is 8.42 Å². The minimum absolute atomic E-state index is 0.326. The van der Waals surface area contributed by atoms with E-state index in [-0.39, 0.29) is 0 Å². The molecule has 3 heterocycles. The Morgan fingerprint density at radius 3 is 2.64 bits per heavy atom. The zero-order valence-corrected chi connectivity index (χ0v) is 14.6. The Bertz CT molecular complexity index is 668. The Morgan fingerprint density at radius 1 is 1.36 bits per heavy atom. The van der Waals surface area contributed by atoms with E-state index in [1.807, 2.05) is 18.5 Å². The Morgan fingerprint density at radius 2 is 2.09 bits per heavy atom. The first-order valence-electron chi connectivity index (χ1n) is 8.00. The van der Waals surface area contributed by atoms with E-state index >= 15 is 0 Å². The number of aromatic nitrogens is 2. The fourth-order valence-corrected chi connectivity index (χ4v) is 5.26. The van der Waals surface area contributed by atoms with E-state index in [4.69, 9.17) is 4.74 Å². The number of sulfonamides is 1. The molecule has 0 saturated carbocycles. The largest absolute Gasteiger partial charge is 0.375 e. The molecule has 2 saturated heterocycles. The maximum Gasteiger partial charge on any atom is 0.246 e. The molecule has 0 amide bonds. The highest BCUT2D eigenvalue weighted by atomic mass is 32.2.